The Morgan fingerprint density at radius 3 is 2.39 bits per heavy atom. The maximum atomic E-state index is 12.6. The Bertz CT molecular complexity index is 973. The van der Waals surface area contributed by atoms with Gasteiger partial charge >= 0.3 is 0 Å². The number of nitro benzene ring substituents is 1. The van der Waals surface area contributed by atoms with Gasteiger partial charge in [0.25, 0.3) is 15.7 Å². The average molecular weight is 422 g/mol. The van der Waals surface area contributed by atoms with Crippen LogP contribution in [-0.4, -0.2) is 37.2 Å². The third-order valence-electron chi connectivity index (χ3n) is 4.60. The predicted octanol–water partition coefficient (Wildman–Crippen LogP) is 4.06. The van der Waals surface area contributed by atoms with Gasteiger partial charge in [0.15, 0.2) is 0 Å². The fourth-order valence-electron chi connectivity index (χ4n) is 3.06. The molecule has 1 fully saturated rings. The molecule has 2 aromatic rings. The van der Waals surface area contributed by atoms with E-state index in [4.69, 9.17) is 11.6 Å². The van der Waals surface area contributed by atoms with E-state index in [0.29, 0.717) is 30.2 Å². The van der Waals surface area contributed by atoms with Crippen LogP contribution >= 0.6 is 11.6 Å². The largest absolute Gasteiger partial charge is 0.359 e. The van der Waals surface area contributed by atoms with Crippen molar-refractivity contribution in [1.82, 2.24) is 4.90 Å². The summed E-state index contributed by atoms with van der Waals surface area (Å²) in [4.78, 5) is 12.4. The van der Waals surface area contributed by atoms with Gasteiger partial charge in [-0.2, -0.15) is 8.42 Å². The lowest BCUT2D eigenvalue weighted by Gasteiger charge is -2.30. The van der Waals surface area contributed by atoms with Crippen molar-refractivity contribution >= 4 is 33.1 Å². The molecule has 0 bridgehead atoms. The minimum absolute atomic E-state index is 0.0537. The SMILES string of the molecule is O=[N+]([O-])c1ccc(CCN2CCCC/C2=N\S(=O)(=O)c2ccc(Cl)cc2)cc1. The molecule has 0 unspecified atom stereocenters. The topological polar surface area (TPSA) is 92.9 Å². The number of hydrogen-bond donors (Lipinski definition) is 0. The van der Waals surface area contributed by atoms with E-state index in [1.807, 2.05) is 4.90 Å². The van der Waals surface area contributed by atoms with Crippen LogP contribution < -0.4 is 0 Å². The summed E-state index contributed by atoms with van der Waals surface area (Å²) in [6.07, 6.45) is 3.12. The molecule has 7 nitrogen and oxygen atoms in total. The van der Waals surface area contributed by atoms with Crippen LogP contribution in [0.15, 0.2) is 57.8 Å². The van der Waals surface area contributed by atoms with Crippen LogP contribution in [0, 0.1) is 10.1 Å². The van der Waals surface area contributed by atoms with Crippen LogP contribution in [0.4, 0.5) is 5.69 Å². The third-order valence-corrected chi connectivity index (χ3v) is 6.17. The Kier molecular flexibility index (Phi) is 6.31. The van der Waals surface area contributed by atoms with E-state index >= 15 is 0 Å². The Balaban J connectivity index is 1.73. The van der Waals surface area contributed by atoms with E-state index < -0.39 is 14.9 Å². The van der Waals surface area contributed by atoms with Gasteiger partial charge in [-0.15, -0.1) is 4.40 Å². The van der Waals surface area contributed by atoms with Crippen molar-refractivity contribution < 1.29 is 13.3 Å². The molecule has 1 saturated heterocycles. The summed E-state index contributed by atoms with van der Waals surface area (Å²) in [5.41, 5.74) is 1.01. The third kappa shape index (κ3) is 5.08. The van der Waals surface area contributed by atoms with Gasteiger partial charge in [0, 0.05) is 36.7 Å². The second-order valence-corrected chi connectivity index (χ2v) is 8.59. The van der Waals surface area contributed by atoms with Crippen molar-refractivity contribution in [1.29, 1.82) is 0 Å². The Morgan fingerprint density at radius 2 is 1.75 bits per heavy atom. The summed E-state index contributed by atoms with van der Waals surface area (Å²) < 4.78 is 29.3. The van der Waals surface area contributed by atoms with Crippen LogP contribution in [0.5, 0.6) is 0 Å². The van der Waals surface area contributed by atoms with E-state index in [9.17, 15) is 18.5 Å². The number of non-ortho nitro benzene ring substituents is 1. The smallest absolute Gasteiger partial charge is 0.283 e. The Hall–Kier alpha value is -2.45. The van der Waals surface area contributed by atoms with Crippen LogP contribution in [0.3, 0.4) is 0 Å². The minimum Gasteiger partial charge on any atom is -0.359 e. The van der Waals surface area contributed by atoms with Crippen LogP contribution in [0.2, 0.25) is 5.02 Å². The van der Waals surface area contributed by atoms with Crippen molar-refractivity contribution in [2.24, 2.45) is 4.40 Å². The second kappa shape index (κ2) is 8.70. The molecule has 9 heteroatoms. The molecule has 1 heterocycles. The molecular weight excluding hydrogens is 402 g/mol. The number of likely N-dealkylation sites (tertiary alicyclic amines) is 1. The minimum atomic E-state index is -3.79. The molecule has 148 valence electrons. The maximum Gasteiger partial charge on any atom is 0.283 e. The fourth-order valence-corrected chi connectivity index (χ4v) is 4.26. The van der Waals surface area contributed by atoms with E-state index in [-0.39, 0.29) is 10.6 Å². The number of nitro groups is 1. The number of hydrogen-bond acceptors (Lipinski definition) is 4. The Morgan fingerprint density at radius 1 is 1.07 bits per heavy atom. The molecule has 0 aromatic heterocycles. The summed E-state index contributed by atoms with van der Waals surface area (Å²) in [5.74, 6) is 0.558. The number of piperidine rings is 1. The molecule has 28 heavy (non-hydrogen) atoms. The van der Waals surface area contributed by atoms with Crippen molar-refractivity contribution in [3.05, 3.63) is 69.2 Å². The van der Waals surface area contributed by atoms with Crippen molar-refractivity contribution in [2.75, 3.05) is 13.1 Å². The number of sulfonamides is 1. The quantitative estimate of drug-likeness (QED) is 0.517. The molecule has 0 radical (unpaired) electrons. The van der Waals surface area contributed by atoms with Gasteiger partial charge in [0.2, 0.25) is 0 Å². The lowest BCUT2D eigenvalue weighted by Crippen LogP contribution is -2.37. The molecule has 2 aromatic carbocycles. The average Bonchev–Trinajstić information content (AvgIpc) is 2.68. The van der Waals surface area contributed by atoms with E-state index in [1.165, 1.54) is 36.4 Å². The van der Waals surface area contributed by atoms with Gasteiger partial charge in [0.1, 0.15) is 5.84 Å². The molecule has 0 amide bonds. The predicted molar refractivity (Wildman–Crippen MR) is 108 cm³/mol. The molecule has 0 aliphatic carbocycles. The van der Waals surface area contributed by atoms with Crippen molar-refractivity contribution in [2.45, 2.75) is 30.6 Å². The first kappa shape index (κ1) is 20.3. The summed E-state index contributed by atoms with van der Waals surface area (Å²) in [7, 11) is -3.79. The second-order valence-electron chi connectivity index (χ2n) is 6.55. The molecule has 0 spiro atoms. The fraction of sp³-hybridized carbons (Fsp3) is 0.316. The van der Waals surface area contributed by atoms with Crippen LogP contribution in [-0.2, 0) is 16.4 Å². The van der Waals surface area contributed by atoms with Crippen molar-refractivity contribution in [3.63, 3.8) is 0 Å². The molecule has 0 N–H and O–H groups in total. The number of benzene rings is 2. The molecule has 1 aliphatic heterocycles. The summed E-state index contributed by atoms with van der Waals surface area (Å²) >= 11 is 5.83. The number of nitrogens with zero attached hydrogens (tertiary/aromatic N) is 3. The standard InChI is InChI=1S/C19H20ClN3O4S/c20-16-6-10-18(11-7-16)28(26,27)21-19-3-1-2-13-22(19)14-12-15-4-8-17(9-5-15)23(24)25/h4-11H,1-3,12-14H2/b21-19+. The normalized spacial score (nSPS) is 16.3. The first-order chi connectivity index (χ1) is 13.3. The Labute approximate surface area is 168 Å². The first-order valence-electron chi connectivity index (χ1n) is 8.93. The molecule has 0 atom stereocenters. The van der Waals surface area contributed by atoms with Gasteiger partial charge in [-0.25, -0.2) is 0 Å². The lowest BCUT2D eigenvalue weighted by atomic mass is 10.1. The molecule has 3 rings (SSSR count). The highest BCUT2D eigenvalue weighted by atomic mass is 35.5. The van der Waals surface area contributed by atoms with E-state index in [0.717, 1.165) is 24.9 Å². The van der Waals surface area contributed by atoms with Crippen molar-refractivity contribution in [3.8, 4) is 0 Å². The lowest BCUT2D eigenvalue weighted by molar-refractivity contribution is -0.384. The van der Waals surface area contributed by atoms with Gasteiger partial charge < -0.3 is 4.90 Å². The highest BCUT2D eigenvalue weighted by Gasteiger charge is 2.21. The van der Waals surface area contributed by atoms with Crippen LogP contribution in [0.25, 0.3) is 0 Å². The summed E-state index contributed by atoms with van der Waals surface area (Å²) in [6.45, 7) is 1.34. The maximum absolute atomic E-state index is 12.6. The number of amidine groups is 1. The van der Waals surface area contributed by atoms with Gasteiger partial charge in [-0.3, -0.25) is 10.1 Å². The van der Waals surface area contributed by atoms with E-state index in [1.54, 1.807) is 12.1 Å². The van der Waals surface area contributed by atoms with Gasteiger partial charge in [-0.05, 0) is 49.1 Å². The van der Waals surface area contributed by atoms with Crippen LogP contribution in [0.1, 0.15) is 24.8 Å². The zero-order valence-electron chi connectivity index (χ0n) is 15.1. The number of rotatable bonds is 6. The molecular formula is C19H20ClN3O4S. The summed E-state index contributed by atoms with van der Waals surface area (Å²) in [5, 5.41) is 11.2. The van der Waals surface area contributed by atoms with Gasteiger partial charge in [-0.1, -0.05) is 23.7 Å². The van der Waals surface area contributed by atoms with E-state index in [2.05, 4.69) is 4.40 Å². The van der Waals surface area contributed by atoms with Gasteiger partial charge in [0.05, 0.1) is 9.82 Å². The highest BCUT2D eigenvalue weighted by molar-refractivity contribution is 7.90. The number of halogens is 1. The monoisotopic (exact) mass is 421 g/mol. The zero-order chi connectivity index (χ0) is 20.1. The zero-order valence-corrected chi connectivity index (χ0v) is 16.7. The molecule has 0 saturated carbocycles. The first-order valence-corrected chi connectivity index (χ1v) is 10.7. The highest BCUT2D eigenvalue weighted by Crippen LogP contribution is 2.20. The molecule has 1 aliphatic rings. The summed E-state index contributed by atoms with van der Waals surface area (Å²) in [6, 6.07) is 12.4.